The summed E-state index contributed by atoms with van der Waals surface area (Å²) in [5, 5.41) is 28.7. The van der Waals surface area contributed by atoms with Gasteiger partial charge in [-0.05, 0) is 77.0 Å². The first-order valence-electron chi connectivity index (χ1n) is 12.9. The number of allylic oxidation sites excluding steroid dienone is 2. The van der Waals surface area contributed by atoms with Crippen molar-refractivity contribution < 1.29 is 34.2 Å². The van der Waals surface area contributed by atoms with Gasteiger partial charge in [0, 0.05) is 18.8 Å². The molecule has 7 nitrogen and oxygen atoms in total. The predicted molar refractivity (Wildman–Crippen MR) is 129 cm³/mol. The van der Waals surface area contributed by atoms with Crippen LogP contribution in [0.5, 0.6) is 0 Å². The van der Waals surface area contributed by atoms with Crippen molar-refractivity contribution in [3.05, 3.63) is 12.2 Å². The minimum Gasteiger partial charge on any atom is -0.550 e. The Balaban J connectivity index is 4.83. The predicted octanol–water partition coefficient (Wildman–Crippen LogP) is 4.54. The fourth-order valence-corrected chi connectivity index (χ4v) is 4.30. The van der Waals surface area contributed by atoms with Crippen molar-refractivity contribution in [3.63, 3.8) is 0 Å². The largest absolute Gasteiger partial charge is 0.550 e. The van der Waals surface area contributed by atoms with E-state index in [0.717, 1.165) is 75.6 Å². The fourth-order valence-electron chi connectivity index (χ4n) is 4.30. The van der Waals surface area contributed by atoms with Crippen molar-refractivity contribution in [2.45, 2.75) is 110 Å². The summed E-state index contributed by atoms with van der Waals surface area (Å²) < 4.78 is 0.836. The minimum atomic E-state index is -1.02. The van der Waals surface area contributed by atoms with Gasteiger partial charge in [0.25, 0.3) is 0 Å². The highest BCUT2D eigenvalue weighted by Gasteiger charge is 2.26. The molecule has 0 unspecified atom stereocenters. The second kappa shape index (κ2) is 20.7. The smallest absolute Gasteiger partial charge is 0.303 e. The lowest BCUT2D eigenvalue weighted by Gasteiger charge is -2.39. The molecule has 0 amide bonds. The van der Waals surface area contributed by atoms with E-state index >= 15 is 0 Å². The van der Waals surface area contributed by atoms with Crippen LogP contribution in [0.4, 0.5) is 0 Å². The topological polar surface area (TPSA) is 115 Å². The van der Waals surface area contributed by atoms with E-state index < -0.39 is 17.9 Å². The molecule has 0 bridgehead atoms. The highest BCUT2D eigenvalue weighted by molar-refractivity contribution is 5.66. The maximum absolute atomic E-state index is 10.9. The van der Waals surface area contributed by atoms with E-state index in [-0.39, 0.29) is 19.3 Å². The van der Waals surface area contributed by atoms with E-state index in [2.05, 4.69) is 19.1 Å². The SMILES string of the molecule is CCC/C=C/CCCCCC[N+](CCCCC(=O)[O-])(CCCCC(=O)O)CCCCC(=O)O. The standard InChI is InChI=1S/C26H47NO6/c1-2-3-4-5-6-7-8-9-13-20-27(21-14-10-17-24(28)29,22-15-11-18-25(30)31)23-16-12-19-26(32)33/h4-5H,2-3,6-23H2,1H3,(H2-,28,29,30,31,32,33)/b5-4+. The Labute approximate surface area is 200 Å². The van der Waals surface area contributed by atoms with Crippen LogP contribution in [0.15, 0.2) is 12.2 Å². The van der Waals surface area contributed by atoms with Gasteiger partial charge < -0.3 is 24.6 Å². The second-order valence-corrected chi connectivity index (χ2v) is 9.23. The molecule has 0 spiro atoms. The van der Waals surface area contributed by atoms with Gasteiger partial charge in [-0.15, -0.1) is 0 Å². The molecule has 192 valence electrons. The zero-order valence-corrected chi connectivity index (χ0v) is 20.8. The van der Waals surface area contributed by atoms with Gasteiger partial charge in [0.15, 0.2) is 0 Å². The molecule has 0 aromatic rings. The van der Waals surface area contributed by atoms with Crippen molar-refractivity contribution in [2.75, 3.05) is 26.2 Å². The third-order valence-electron chi connectivity index (χ3n) is 6.18. The van der Waals surface area contributed by atoms with Crippen molar-refractivity contribution >= 4 is 17.9 Å². The maximum Gasteiger partial charge on any atom is 0.303 e. The molecule has 0 saturated heterocycles. The fraction of sp³-hybridized carbons (Fsp3) is 0.808. The molecule has 0 aliphatic carbocycles. The molecule has 0 aromatic heterocycles. The third kappa shape index (κ3) is 20.4. The number of carbonyl (C=O) groups excluding carboxylic acids is 1. The Hall–Kier alpha value is -1.89. The highest BCUT2D eigenvalue weighted by Crippen LogP contribution is 2.19. The second-order valence-electron chi connectivity index (χ2n) is 9.23. The number of carbonyl (C=O) groups is 3. The first-order valence-corrected chi connectivity index (χ1v) is 12.9. The van der Waals surface area contributed by atoms with E-state index in [1.807, 2.05) is 0 Å². The Bertz CT molecular complexity index is 506. The average molecular weight is 470 g/mol. The summed E-state index contributed by atoms with van der Waals surface area (Å²) >= 11 is 0. The molecule has 0 heterocycles. The maximum atomic E-state index is 10.9. The summed E-state index contributed by atoms with van der Waals surface area (Å²) in [5.74, 6) is -2.59. The number of aliphatic carboxylic acids is 3. The number of hydrogen-bond donors (Lipinski definition) is 2. The quantitative estimate of drug-likeness (QED) is 0.122. The van der Waals surface area contributed by atoms with Crippen LogP contribution in [0.1, 0.15) is 110 Å². The zero-order chi connectivity index (χ0) is 24.8. The van der Waals surface area contributed by atoms with Crippen LogP contribution < -0.4 is 5.11 Å². The van der Waals surface area contributed by atoms with E-state index in [1.165, 1.54) is 19.3 Å². The number of unbranched alkanes of at least 4 members (excludes halogenated alkanes) is 8. The van der Waals surface area contributed by atoms with E-state index in [1.54, 1.807) is 0 Å². The van der Waals surface area contributed by atoms with Gasteiger partial charge in [0.2, 0.25) is 0 Å². The number of nitrogens with zero attached hydrogens (tertiary/aromatic N) is 1. The summed E-state index contributed by atoms with van der Waals surface area (Å²) in [5.41, 5.74) is 0. The van der Waals surface area contributed by atoms with Gasteiger partial charge in [-0.25, -0.2) is 0 Å². The van der Waals surface area contributed by atoms with Crippen LogP contribution in [0.25, 0.3) is 0 Å². The van der Waals surface area contributed by atoms with E-state index in [9.17, 15) is 19.5 Å². The number of carboxylic acids is 3. The lowest BCUT2D eigenvalue weighted by Crippen LogP contribution is -2.51. The molecule has 7 heteroatoms. The van der Waals surface area contributed by atoms with E-state index in [0.29, 0.717) is 19.3 Å². The van der Waals surface area contributed by atoms with Crippen LogP contribution in [0.2, 0.25) is 0 Å². The van der Waals surface area contributed by atoms with Crippen molar-refractivity contribution in [1.29, 1.82) is 0 Å². The lowest BCUT2D eigenvalue weighted by atomic mass is 10.1. The van der Waals surface area contributed by atoms with Gasteiger partial charge >= 0.3 is 11.9 Å². The summed E-state index contributed by atoms with van der Waals surface area (Å²) in [6, 6.07) is 0. The van der Waals surface area contributed by atoms with Crippen LogP contribution in [-0.2, 0) is 14.4 Å². The molecule has 0 saturated carbocycles. The molecular weight excluding hydrogens is 422 g/mol. The summed E-state index contributed by atoms with van der Waals surface area (Å²) in [6.45, 7) is 5.75. The number of quaternary nitrogens is 1. The molecule has 0 radical (unpaired) electrons. The molecule has 0 rings (SSSR count). The molecule has 0 atom stereocenters. The van der Waals surface area contributed by atoms with Crippen molar-refractivity contribution in [3.8, 4) is 0 Å². The average Bonchev–Trinajstić information content (AvgIpc) is 2.75. The minimum absolute atomic E-state index is 0.0591. The molecule has 2 N–H and O–H groups in total. The lowest BCUT2D eigenvalue weighted by molar-refractivity contribution is -0.929. The monoisotopic (exact) mass is 469 g/mol. The van der Waals surface area contributed by atoms with Gasteiger partial charge in [0.1, 0.15) is 0 Å². The van der Waals surface area contributed by atoms with Crippen molar-refractivity contribution in [2.24, 2.45) is 0 Å². The highest BCUT2D eigenvalue weighted by atomic mass is 16.4. The summed E-state index contributed by atoms with van der Waals surface area (Å²) in [4.78, 5) is 32.6. The first kappa shape index (κ1) is 31.1. The van der Waals surface area contributed by atoms with Gasteiger partial charge in [-0.1, -0.05) is 31.9 Å². The Morgan fingerprint density at radius 1 is 0.636 bits per heavy atom. The summed E-state index contributed by atoms with van der Waals surface area (Å²) in [7, 11) is 0. The van der Waals surface area contributed by atoms with Crippen LogP contribution in [0.3, 0.4) is 0 Å². The molecule has 0 aliphatic heterocycles. The number of hydrogen-bond acceptors (Lipinski definition) is 4. The number of carboxylic acid groups (broad SMARTS) is 3. The third-order valence-corrected chi connectivity index (χ3v) is 6.18. The Morgan fingerprint density at radius 2 is 1.06 bits per heavy atom. The van der Waals surface area contributed by atoms with E-state index in [4.69, 9.17) is 10.2 Å². The first-order chi connectivity index (χ1) is 15.8. The van der Waals surface area contributed by atoms with Gasteiger partial charge in [-0.2, -0.15) is 0 Å². The summed E-state index contributed by atoms with van der Waals surface area (Å²) in [6.07, 6.45) is 17.2. The Kier molecular flexibility index (Phi) is 19.5. The molecule has 0 aliphatic rings. The molecule has 0 fully saturated rings. The number of rotatable bonds is 24. The van der Waals surface area contributed by atoms with Gasteiger partial charge in [-0.3, -0.25) is 9.59 Å². The Morgan fingerprint density at radius 3 is 1.52 bits per heavy atom. The molecule has 33 heavy (non-hydrogen) atoms. The van der Waals surface area contributed by atoms with Gasteiger partial charge in [0.05, 0.1) is 26.2 Å². The zero-order valence-electron chi connectivity index (χ0n) is 20.8. The normalized spacial score (nSPS) is 11.8. The molecule has 0 aromatic carbocycles. The van der Waals surface area contributed by atoms with Crippen LogP contribution >= 0.6 is 0 Å². The van der Waals surface area contributed by atoms with Crippen LogP contribution in [-0.4, -0.2) is 58.8 Å². The molecular formula is C26H47NO6. The van der Waals surface area contributed by atoms with Crippen molar-refractivity contribution in [1.82, 2.24) is 0 Å². The van der Waals surface area contributed by atoms with Crippen LogP contribution in [0, 0.1) is 0 Å².